The van der Waals surface area contributed by atoms with Gasteiger partial charge in [-0.05, 0) is 29.3 Å². The summed E-state index contributed by atoms with van der Waals surface area (Å²) >= 11 is 0. The number of methoxy groups -OCH3 is 2. The molecule has 2 aromatic rings. The van der Waals surface area contributed by atoms with E-state index in [1.165, 1.54) is 20.3 Å². The highest BCUT2D eigenvalue weighted by Crippen LogP contribution is 2.17. The van der Waals surface area contributed by atoms with Crippen molar-refractivity contribution in [2.75, 3.05) is 14.2 Å². The number of carbonyl (C=O) groups excluding carboxylic acids is 2. The molecule has 0 aromatic heterocycles. The summed E-state index contributed by atoms with van der Waals surface area (Å²) in [5.74, 6) is -0.800. The van der Waals surface area contributed by atoms with Crippen LogP contribution in [-0.4, -0.2) is 26.2 Å². The average molecular weight is 326 g/mol. The number of hydrogen-bond donors (Lipinski definition) is 0. The molecule has 124 valence electrons. The van der Waals surface area contributed by atoms with E-state index < -0.39 is 11.9 Å². The van der Waals surface area contributed by atoms with Crippen molar-refractivity contribution in [1.29, 1.82) is 0 Å². The van der Waals surface area contributed by atoms with Gasteiger partial charge in [-0.15, -0.1) is 0 Å². The monoisotopic (exact) mass is 326 g/mol. The molecule has 5 nitrogen and oxygen atoms in total. The quantitative estimate of drug-likeness (QED) is 0.353. The molecule has 0 aliphatic rings. The van der Waals surface area contributed by atoms with Gasteiger partial charge in [0.2, 0.25) is 0 Å². The van der Waals surface area contributed by atoms with Crippen molar-refractivity contribution in [3.05, 3.63) is 71.3 Å². The second-order valence-corrected chi connectivity index (χ2v) is 4.88. The molecule has 2 rings (SSSR count). The lowest BCUT2D eigenvalue weighted by Crippen LogP contribution is -2.15. The number of hydrogen-bond acceptors (Lipinski definition) is 5. The molecule has 0 aliphatic carbocycles. The van der Waals surface area contributed by atoms with E-state index in [2.05, 4.69) is 9.47 Å². The second-order valence-electron chi connectivity index (χ2n) is 4.88. The van der Waals surface area contributed by atoms with Gasteiger partial charge in [-0.3, -0.25) is 0 Å². The predicted molar refractivity (Wildman–Crippen MR) is 89.2 cm³/mol. The van der Waals surface area contributed by atoms with Crippen LogP contribution in [0, 0.1) is 0 Å². The van der Waals surface area contributed by atoms with Gasteiger partial charge in [-0.25, -0.2) is 9.59 Å². The van der Waals surface area contributed by atoms with E-state index in [9.17, 15) is 9.59 Å². The standard InChI is InChI=1S/C19H18O5/c1-22-18(20)17(19(21)23-2)12-14-8-10-16(11-9-14)24-13-15-6-4-3-5-7-15/h3-12H,13H2,1-2H3. The van der Waals surface area contributed by atoms with E-state index >= 15 is 0 Å². The van der Waals surface area contributed by atoms with E-state index in [0.29, 0.717) is 17.9 Å². The van der Waals surface area contributed by atoms with Gasteiger partial charge in [0.15, 0.2) is 0 Å². The molecule has 0 radical (unpaired) electrons. The summed E-state index contributed by atoms with van der Waals surface area (Å²) in [5, 5.41) is 0. The lowest BCUT2D eigenvalue weighted by molar-refractivity contribution is -0.143. The molecule has 0 N–H and O–H groups in total. The number of benzene rings is 2. The van der Waals surface area contributed by atoms with Gasteiger partial charge < -0.3 is 14.2 Å². The molecular weight excluding hydrogens is 308 g/mol. The molecule has 2 aromatic carbocycles. The van der Waals surface area contributed by atoms with Gasteiger partial charge in [-0.2, -0.15) is 0 Å². The Hall–Kier alpha value is -3.08. The second kappa shape index (κ2) is 8.53. The fraction of sp³-hybridized carbons (Fsp3) is 0.158. The molecule has 0 saturated heterocycles. The first-order valence-electron chi connectivity index (χ1n) is 7.29. The van der Waals surface area contributed by atoms with Crippen LogP contribution in [-0.2, 0) is 25.7 Å². The van der Waals surface area contributed by atoms with E-state index in [-0.39, 0.29) is 5.57 Å². The van der Waals surface area contributed by atoms with Gasteiger partial charge in [0.05, 0.1) is 14.2 Å². The smallest absolute Gasteiger partial charge is 0.345 e. The maximum Gasteiger partial charge on any atom is 0.345 e. The van der Waals surface area contributed by atoms with Crippen molar-refractivity contribution in [3.8, 4) is 5.75 Å². The fourth-order valence-electron chi connectivity index (χ4n) is 1.99. The summed E-state index contributed by atoms with van der Waals surface area (Å²) < 4.78 is 14.9. The predicted octanol–water partition coefficient (Wildman–Crippen LogP) is 3.00. The Kier molecular flexibility index (Phi) is 6.14. The van der Waals surface area contributed by atoms with Gasteiger partial charge in [0.1, 0.15) is 17.9 Å². The molecule has 0 unspecified atom stereocenters. The van der Waals surface area contributed by atoms with Gasteiger partial charge in [0, 0.05) is 0 Å². The minimum Gasteiger partial charge on any atom is -0.489 e. The molecule has 0 aliphatic heterocycles. The van der Waals surface area contributed by atoms with Crippen molar-refractivity contribution in [2.24, 2.45) is 0 Å². The van der Waals surface area contributed by atoms with Gasteiger partial charge in [-0.1, -0.05) is 42.5 Å². The largest absolute Gasteiger partial charge is 0.489 e. The first-order valence-corrected chi connectivity index (χ1v) is 7.29. The number of ether oxygens (including phenoxy) is 3. The Morgan fingerprint density at radius 2 is 1.46 bits per heavy atom. The summed E-state index contributed by atoms with van der Waals surface area (Å²) in [7, 11) is 2.42. The molecule has 24 heavy (non-hydrogen) atoms. The van der Waals surface area contributed by atoms with Crippen LogP contribution in [0.4, 0.5) is 0 Å². The van der Waals surface area contributed by atoms with Crippen molar-refractivity contribution in [2.45, 2.75) is 6.61 Å². The molecule has 5 heteroatoms. The van der Waals surface area contributed by atoms with Crippen molar-refractivity contribution in [3.63, 3.8) is 0 Å². The van der Waals surface area contributed by atoms with Crippen LogP contribution in [0.15, 0.2) is 60.2 Å². The van der Waals surface area contributed by atoms with Crippen LogP contribution in [0.5, 0.6) is 5.75 Å². The topological polar surface area (TPSA) is 61.8 Å². The molecule has 0 saturated carbocycles. The highest BCUT2D eigenvalue weighted by molar-refractivity contribution is 6.17. The van der Waals surface area contributed by atoms with E-state index in [4.69, 9.17) is 4.74 Å². The Bertz CT molecular complexity index is 699. The Morgan fingerprint density at radius 3 is 2.00 bits per heavy atom. The van der Waals surface area contributed by atoms with Crippen molar-refractivity contribution in [1.82, 2.24) is 0 Å². The summed E-state index contributed by atoms with van der Waals surface area (Å²) in [6, 6.07) is 16.8. The third-order valence-corrected chi connectivity index (χ3v) is 3.25. The highest BCUT2D eigenvalue weighted by atomic mass is 16.5. The zero-order chi connectivity index (χ0) is 17.4. The third-order valence-electron chi connectivity index (χ3n) is 3.25. The molecule has 0 fully saturated rings. The van der Waals surface area contributed by atoms with Crippen LogP contribution in [0.1, 0.15) is 11.1 Å². The Labute approximate surface area is 140 Å². The summed E-state index contributed by atoms with van der Waals surface area (Å²) in [6.07, 6.45) is 1.42. The van der Waals surface area contributed by atoms with Gasteiger partial charge in [0.25, 0.3) is 0 Å². The zero-order valence-corrected chi connectivity index (χ0v) is 13.5. The van der Waals surface area contributed by atoms with Crippen LogP contribution in [0.25, 0.3) is 6.08 Å². The van der Waals surface area contributed by atoms with Gasteiger partial charge >= 0.3 is 11.9 Å². The Morgan fingerprint density at radius 1 is 0.875 bits per heavy atom. The first-order chi connectivity index (χ1) is 11.6. The lowest BCUT2D eigenvalue weighted by Gasteiger charge is -2.07. The average Bonchev–Trinajstić information content (AvgIpc) is 2.65. The molecule has 0 heterocycles. The van der Waals surface area contributed by atoms with Crippen LogP contribution in [0.2, 0.25) is 0 Å². The number of carbonyl (C=O) groups is 2. The normalized spacial score (nSPS) is 9.75. The lowest BCUT2D eigenvalue weighted by atomic mass is 10.1. The minimum atomic E-state index is -0.744. The van der Waals surface area contributed by atoms with E-state index in [0.717, 1.165) is 5.56 Å². The molecule has 0 atom stereocenters. The van der Waals surface area contributed by atoms with Crippen LogP contribution in [0.3, 0.4) is 0 Å². The third kappa shape index (κ3) is 4.71. The SMILES string of the molecule is COC(=O)C(=Cc1ccc(OCc2ccccc2)cc1)C(=O)OC. The fourth-order valence-corrected chi connectivity index (χ4v) is 1.99. The molecular formula is C19H18O5. The zero-order valence-electron chi connectivity index (χ0n) is 13.5. The number of esters is 2. The molecule has 0 amide bonds. The summed E-state index contributed by atoms with van der Waals surface area (Å²) in [5.41, 5.74) is 1.56. The van der Waals surface area contributed by atoms with Crippen molar-refractivity contribution < 1.29 is 23.8 Å². The van der Waals surface area contributed by atoms with E-state index in [1.54, 1.807) is 24.3 Å². The number of rotatable bonds is 6. The van der Waals surface area contributed by atoms with E-state index in [1.807, 2.05) is 30.3 Å². The summed E-state index contributed by atoms with van der Waals surface area (Å²) in [4.78, 5) is 23.3. The van der Waals surface area contributed by atoms with Crippen molar-refractivity contribution >= 4 is 18.0 Å². The highest BCUT2D eigenvalue weighted by Gasteiger charge is 2.19. The molecule has 0 spiro atoms. The van der Waals surface area contributed by atoms with Crippen LogP contribution >= 0.6 is 0 Å². The van der Waals surface area contributed by atoms with Crippen LogP contribution < -0.4 is 4.74 Å². The summed E-state index contributed by atoms with van der Waals surface area (Å²) in [6.45, 7) is 0.464. The maximum absolute atomic E-state index is 11.6. The Balaban J connectivity index is 2.08. The minimum absolute atomic E-state index is 0.169. The maximum atomic E-state index is 11.6. The molecule has 0 bridgehead atoms. The first kappa shape index (κ1) is 17.3.